The zero-order valence-electron chi connectivity index (χ0n) is 12.4. The van der Waals surface area contributed by atoms with E-state index in [4.69, 9.17) is 0 Å². The number of hydrogen-bond donors (Lipinski definition) is 0. The van der Waals surface area contributed by atoms with E-state index in [0.717, 1.165) is 6.42 Å². The topological polar surface area (TPSA) is 0 Å². The molecule has 1 radical (unpaired) electrons. The van der Waals surface area contributed by atoms with E-state index in [2.05, 4.69) is 64.1 Å². The van der Waals surface area contributed by atoms with E-state index in [9.17, 15) is 0 Å². The lowest BCUT2D eigenvalue weighted by Gasteiger charge is -2.18. The second-order valence-corrected chi connectivity index (χ2v) is 6.03. The standard InChI is InChI=1S/C18H27/c1-5-6-7-8-9-10-11-16-12-14-17(15-13-16)18(2,3)4/h10,12-15H,5-9H2,1-4H3. The molecule has 0 unspecified atom stereocenters. The van der Waals surface area contributed by atoms with Crippen molar-refractivity contribution in [3.63, 3.8) is 0 Å². The molecule has 1 rings (SSSR count). The highest BCUT2D eigenvalue weighted by molar-refractivity contribution is 5.30. The molecule has 0 atom stereocenters. The van der Waals surface area contributed by atoms with Gasteiger partial charge >= 0.3 is 0 Å². The number of benzene rings is 1. The molecule has 0 aliphatic rings. The van der Waals surface area contributed by atoms with Crippen LogP contribution < -0.4 is 0 Å². The van der Waals surface area contributed by atoms with Crippen LogP contribution in [0.4, 0.5) is 0 Å². The summed E-state index contributed by atoms with van der Waals surface area (Å²) in [4.78, 5) is 0. The Morgan fingerprint density at radius 1 is 1.00 bits per heavy atom. The molecule has 0 spiro atoms. The van der Waals surface area contributed by atoms with Gasteiger partial charge in [0.25, 0.3) is 0 Å². The Hall–Kier alpha value is -1.04. The van der Waals surface area contributed by atoms with Crippen LogP contribution in [0.2, 0.25) is 0 Å². The number of rotatable bonds is 6. The Kier molecular flexibility index (Phi) is 6.18. The minimum Gasteiger partial charge on any atom is -0.0760 e. The molecule has 0 heterocycles. The first-order valence-electron chi connectivity index (χ1n) is 7.23. The summed E-state index contributed by atoms with van der Waals surface area (Å²) >= 11 is 0. The van der Waals surface area contributed by atoms with Gasteiger partial charge in [-0.3, -0.25) is 0 Å². The van der Waals surface area contributed by atoms with Crippen molar-refractivity contribution in [3.8, 4) is 0 Å². The fraction of sp³-hybridized carbons (Fsp3) is 0.556. The van der Waals surface area contributed by atoms with Crippen molar-refractivity contribution in [1.82, 2.24) is 0 Å². The molecule has 0 amide bonds. The first kappa shape index (κ1) is 15.0. The molecule has 0 aliphatic heterocycles. The van der Waals surface area contributed by atoms with Gasteiger partial charge in [-0.1, -0.05) is 77.3 Å². The first-order valence-corrected chi connectivity index (χ1v) is 7.23. The molecule has 0 N–H and O–H groups in total. The van der Waals surface area contributed by atoms with Crippen molar-refractivity contribution in [2.45, 2.75) is 65.2 Å². The maximum Gasteiger partial charge on any atom is -0.0132 e. The average Bonchev–Trinajstić information content (AvgIpc) is 2.33. The fourth-order valence-corrected chi connectivity index (χ4v) is 1.93. The Morgan fingerprint density at radius 2 is 1.67 bits per heavy atom. The van der Waals surface area contributed by atoms with Gasteiger partial charge < -0.3 is 0 Å². The SMILES string of the molecule is CCCCCC/C=[C]\c1ccc(C(C)(C)C)cc1. The normalized spacial score (nSPS) is 12.2. The van der Waals surface area contributed by atoms with Crippen molar-refractivity contribution in [2.75, 3.05) is 0 Å². The third kappa shape index (κ3) is 5.53. The second-order valence-electron chi connectivity index (χ2n) is 6.03. The Balaban J connectivity index is 2.41. The van der Waals surface area contributed by atoms with Crippen molar-refractivity contribution >= 4 is 0 Å². The summed E-state index contributed by atoms with van der Waals surface area (Å²) in [7, 11) is 0. The van der Waals surface area contributed by atoms with E-state index >= 15 is 0 Å². The van der Waals surface area contributed by atoms with E-state index in [1.165, 1.54) is 36.8 Å². The molecule has 0 saturated carbocycles. The largest absolute Gasteiger partial charge is 0.0760 e. The van der Waals surface area contributed by atoms with Crippen LogP contribution in [0.25, 0.3) is 0 Å². The van der Waals surface area contributed by atoms with Gasteiger partial charge in [-0.15, -0.1) is 0 Å². The van der Waals surface area contributed by atoms with E-state index in [-0.39, 0.29) is 5.41 Å². The molecule has 0 bridgehead atoms. The van der Waals surface area contributed by atoms with Crippen LogP contribution in [0.1, 0.15) is 70.9 Å². The third-order valence-electron chi connectivity index (χ3n) is 3.22. The molecular formula is C18H27. The van der Waals surface area contributed by atoms with Crippen LogP contribution >= 0.6 is 0 Å². The summed E-state index contributed by atoms with van der Waals surface area (Å²) in [5.41, 5.74) is 2.82. The maximum absolute atomic E-state index is 3.38. The molecule has 99 valence electrons. The van der Waals surface area contributed by atoms with Gasteiger partial charge in [0.15, 0.2) is 0 Å². The Labute approximate surface area is 113 Å². The summed E-state index contributed by atoms with van der Waals surface area (Å²) in [6.45, 7) is 8.98. The average molecular weight is 243 g/mol. The first-order chi connectivity index (χ1) is 8.54. The smallest absolute Gasteiger partial charge is 0.0132 e. The number of allylic oxidation sites excluding steroid dienone is 1. The molecule has 1 aromatic carbocycles. The van der Waals surface area contributed by atoms with Gasteiger partial charge in [0.1, 0.15) is 0 Å². The van der Waals surface area contributed by atoms with Crippen LogP contribution in [0.3, 0.4) is 0 Å². The van der Waals surface area contributed by atoms with Crippen LogP contribution in [0, 0.1) is 6.08 Å². The monoisotopic (exact) mass is 243 g/mol. The third-order valence-corrected chi connectivity index (χ3v) is 3.22. The van der Waals surface area contributed by atoms with Gasteiger partial charge in [0.05, 0.1) is 0 Å². The van der Waals surface area contributed by atoms with Crippen LogP contribution in [0.15, 0.2) is 30.3 Å². The highest BCUT2D eigenvalue weighted by atomic mass is 14.2. The van der Waals surface area contributed by atoms with Crippen LogP contribution in [0.5, 0.6) is 0 Å². The molecule has 0 aliphatic carbocycles. The maximum atomic E-state index is 3.38. The van der Waals surface area contributed by atoms with Gasteiger partial charge in [0.2, 0.25) is 0 Å². The molecule has 0 fully saturated rings. The summed E-state index contributed by atoms with van der Waals surface area (Å²) in [6, 6.07) is 8.77. The summed E-state index contributed by atoms with van der Waals surface area (Å²) in [5.74, 6) is 0. The number of hydrogen-bond acceptors (Lipinski definition) is 0. The molecule has 0 saturated heterocycles. The van der Waals surface area contributed by atoms with E-state index in [1.54, 1.807) is 0 Å². The highest BCUT2D eigenvalue weighted by Crippen LogP contribution is 2.22. The number of unbranched alkanes of at least 4 members (excludes halogenated alkanes) is 4. The molecule has 0 aromatic heterocycles. The summed E-state index contributed by atoms with van der Waals surface area (Å²) in [6.07, 6.45) is 12.0. The van der Waals surface area contributed by atoms with Crippen molar-refractivity contribution in [1.29, 1.82) is 0 Å². The van der Waals surface area contributed by atoms with E-state index in [0.29, 0.717) is 0 Å². The molecular weight excluding hydrogens is 216 g/mol. The lowest BCUT2D eigenvalue weighted by molar-refractivity contribution is 0.590. The van der Waals surface area contributed by atoms with Crippen LogP contribution in [-0.4, -0.2) is 0 Å². The Morgan fingerprint density at radius 3 is 2.22 bits per heavy atom. The zero-order chi connectivity index (χ0) is 13.4. The summed E-state index contributed by atoms with van der Waals surface area (Å²) < 4.78 is 0. The summed E-state index contributed by atoms with van der Waals surface area (Å²) in [5, 5.41) is 0. The van der Waals surface area contributed by atoms with Crippen molar-refractivity contribution in [3.05, 3.63) is 47.5 Å². The predicted molar refractivity (Wildman–Crippen MR) is 80.8 cm³/mol. The minimum atomic E-state index is 0.238. The molecule has 0 nitrogen and oxygen atoms in total. The molecule has 0 heteroatoms. The van der Waals surface area contributed by atoms with Gasteiger partial charge in [-0.25, -0.2) is 0 Å². The van der Waals surface area contributed by atoms with Gasteiger partial charge in [0, 0.05) is 0 Å². The van der Waals surface area contributed by atoms with E-state index in [1.807, 2.05) is 0 Å². The second kappa shape index (κ2) is 7.41. The van der Waals surface area contributed by atoms with Gasteiger partial charge in [-0.2, -0.15) is 0 Å². The highest BCUT2D eigenvalue weighted by Gasteiger charge is 2.12. The fourth-order valence-electron chi connectivity index (χ4n) is 1.93. The molecule has 1 aromatic rings. The Bertz CT molecular complexity index is 349. The van der Waals surface area contributed by atoms with Crippen LogP contribution in [-0.2, 0) is 5.41 Å². The van der Waals surface area contributed by atoms with E-state index < -0.39 is 0 Å². The van der Waals surface area contributed by atoms with Crippen molar-refractivity contribution < 1.29 is 0 Å². The minimum absolute atomic E-state index is 0.238. The van der Waals surface area contributed by atoms with Gasteiger partial charge in [-0.05, 0) is 35.5 Å². The predicted octanol–water partition coefficient (Wildman–Crippen LogP) is 5.66. The lowest BCUT2D eigenvalue weighted by atomic mass is 9.87. The molecule has 18 heavy (non-hydrogen) atoms. The quantitative estimate of drug-likeness (QED) is 0.565. The lowest BCUT2D eigenvalue weighted by Crippen LogP contribution is -2.10. The zero-order valence-corrected chi connectivity index (χ0v) is 12.4. The van der Waals surface area contributed by atoms with Crippen molar-refractivity contribution in [2.24, 2.45) is 0 Å².